The van der Waals surface area contributed by atoms with Crippen LogP contribution in [-0.2, 0) is 6.54 Å². The van der Waals surface area contributed by atoms with Gasteiger partial charge in [0, 0.05) is 11.9 Å². The van der Waals surface area contributed by atoms with Gasteiger partial charge in [0.2, 0.25) is 0 Å². The molecular formula is C9H9N2. The molecular weight excluding hydrogens is 136 g/mol. The first-order chi connectivity index (χ1) is 5.42. The second-order valence-electron chi connectivity index (χ2n) is 2.44. The highest BCUT2D eigenvalue weighted by molar-refractivity contribution is 5.77. The predicted octanol–water partition coefficient (Wildman–Crippen LogP) is 1.86. The fraction of sp³-hybridized carbons (Fsp3) is 0.222. The Morgan fingerprint density at radius 1 is 1.45 bits per heavy atom. The number of fused-ring (bicyclic) bond motifs is 1. The summed E-state index contributed by atoms with van der Waals surface area (Å²) >= 11 is 0. The van der Waals surface area contributed by atoms with E-state index in [-0.39, 0.29) is 0 Å². The van der Waals surface area contributed by atoms with Crippen molar-refractivity contribution in [1.29, 1.82) is 0 Å². The molecule has 1 aromatic carbocycles. The van der Waals surface area contributed by atoms with Gasteiger partial charge in [0.25, 0.3) is 0 Å². The lowest BCUT2D eigenvalue weighted by molar-refractivity contribution is 0.682. The second-order valence-corrected chi connectivity index (χ2v) is 2.44. The van der Waals surface area contributed by atoms with Gasteiger partial charge >= 0.3 is 0 Å². The molecule has 11 heavy (non-hydrogen) atoms. The fourth-order valence-electron chi connectivity index (χ4n) is 1.20. The van der Waals surface area contributed by atoms with Crippen LogP contribution in [0.15, 0.2) is 24.3 Å². The fourth-order valence-corrected chi connectivity index (χ4v) is 1.20. The van der Waals surface area contributed by atoms with Crippen molar-refractivity contribution in [3.05, 3.63) is 30.5 Å². The van der Waals surface area contributed by atoms with Crippen LogP contribution in [0.25, 0.3) is 10.9 Å². The van der Waals surface area contributed by atoms with Crippen molar-refractivity contribution in [2.45, 2.75) is 13.5 Å². The highest BCUT2D eigenvalue weighted by Gasteiger charge is 1.97. The Morgan fingerprint density at radius 3 is 3.09 bits per heavy atom. The summed E-state index contributed by atoms with van der Waals surface area (Å²) in [5.74, 6) is 0. The molecule has 2 nitrogen and oxygen atoms in total. The maximum atomic E-state index is 4.11. The molecule has 0 N–H and O–H groups in total. The topological polar surface area (TPSA) is 17.8 Å². The molecule has 0 aliphatic carbocycles. The van der Waals surface area contributed by atoms with Gasteiger partial charge in [0.1, 0.15) is 6.20 Å². The van der Waals surface area contributed by atoms with Crippen LogP contribution in [-0.4, -0.2) is 9.78 Å². The zero-order valence-corrected chi connectivity index (χ0v) is 6.41. The average molecular weight is 145 g/mol. The van der Waals surface area contributed by atoms with Crippen LogP contribution in [0.5, 0.6) is 0 Å². The van der Waals surface area contributed by atoms with Gasteiger partial charge in [0.15, 0.2) is 0 Å². The van der Waals surface area contributed by atoms with E-state index in [9.17, 15) is 0 Å². The Bertz CT molecular complexity index is 362. The van der Waals surface area contributed by atoms with Crippen molar-refractivity contribution in [2.24, 2.45) is 0 Å². The molecule has 0 aliphatic rings. The van der Waals surface area contributed by atoms with Crippen molar-refractivity contribution < 1.29 is 0 Å². The Labute approximate surface area is 65.5 Å². The second kappa shape index (κ2) is 2.38. The third-order valence-electron chi connectivity index (χ3n) is 1.77. The summed E-state index contributed by atoms with van der Waals surface area (Å²) in [7, 11) is 0. The van der Waals surface area contributed by atoms with Gasteiger partial charge in [-0.1, -0.05) is 18.2 Å². The Kier molecular flexibility index (Phi) is 1.39. The zero-order valence-electron chi connectivity index (χ0n) is 6.41. The molecule has 0 fully saturated rings. The number of nitrogens with zero attached hydrogens (tertiary/aromatic N) is 2. The van der Waals surface area contributed by atoms with Crippen molar-refractivity contribution in [3.63, 3.8) is 0 Å². The van der Waals surface area contributed by atoms with Crippen molar-refractivity contribution >= 4 is 10.9 Å². The van der Waals surface area contributed by atoms with Gasteiger partial charge in [-0.25, -0.2) is 0 Å². The minimum absolute atomic E-state index is 0.907. The molecule has 2 aromatic rings. The quantitative estimate of drug-likeness (QED) is 0.598. The molecule has 2 heteroatoms. The highest BCUT2D eigenvalue weighted by Crippen LogP contribution is 2.10. The van der Waals surface area contributed by atoms with Gasteiger partial charge in [-0.2, -0.15) is 5.10 Å². The summed E-state index contributed by atoms with van der Waals surface area (Å²) < 4.78 is 1.94. The van der Waals surface area contributed by atoms with Crippen LogP contribution in [0, 0.1) is 6.20 Å². The minimum atomic E-state index is 0.907. The summed E-state index contributed by atoms with van der Waals surface area (Å²) in [4.78, 5) is 0. The van der Waals surface area contributed by atoms with Crippen molar-refractivity contribution in [1.82, 2.24) is 9.78 Å². The Morgan fingerprint density at radius 2 is 2.27 bits per heavy atom. The maximum Gasteiger partial charge on any atom is 0.121 e. The third kappa shape index (κ3) is 0.909. The molecule has 0 bridgehead atoms. The lowest BCUT2D eigenvalue weighted by atomic mass is 10.3. The Hall–Kier alpha value is -1.31. The number of rotatable bonds is 1. The largest absolute Gasteiger partial charge is 0.264 e. The molecule has 0 amide bonds. The molecule has 0 saturated heterocycles. The van der Waals surface area contributed by atoms with Gasteiger partial charge < -0.3 is 0 Å². The summed E-state index contributed by atoms with van der Waals surface area (Å²) in [6.07, 6.45) is 2.95. The first-order valence-corrected chi connectivity index (χ1v) is 3.75. The van der Waals surface area contributed by atoms with Crippen LogP contribution < -0.4 is 0 Å². The first kappa shape index (κ1) is 6.40. The molecule has 1 heterocycles. The summed E-state index contributed by atoms with van der Waals surface area (Å²) in [5, 5.41) is 5.20. The maximum absolute atomic E-state index is 4.11. The molecule has 1 radical (unpaired) electrons. The van der Waals surface area contributed by atoms with Crippen LogP contribution >= 0.6 is 0 Å². The van der Waals surface area contributed by atoms with Crippen LogP contribution in [0.1, 0.15) is 6.92 Å². The van der Waals surface area contributed by atoms with Gasteiger partial charge in [0.05, 0.1) is 5.52 Å². The van der Waals surface area contributed by atoms with E-state index in [0.717, 1.165) is 17.4 Å². The molecule has 55 valence electrons. The zero-order chi connectivity index (χ0) is 7.68. The Balaban J connectivity index is 2.76. The molecule has 0 saturated carbocycles. The molecule has 1 aromatic heterocycles. The van der Waals surface area contributed by atoms with Gasteiger partial charge in [-0.3, -0.25) is 4.68 Å². The number of hydrogen-bond donors (Lipinski definition) is 0. The van der Waals surface area contributed by atoms with Gasteiger partial charge in [-0.05, 0) is 13.0 Å². The van der Waals surface area contributed by atoms with E-state index in [2.05, 4.69) is 24.3 Å². The smallest absolute Gasteiger partial charge is 0.121 e. The van der Waals surface area contributed by atoms with Crippen LogP contribution in [0.3, 0.4) is 0 Å². The molecule has 0 aliphatic heterocycles. The van der Waals surface area contributed by atoms with E-state index < -0.39 is 0 Å². The SMILES string of the molecule is CCn1n[c]c2ccccc21. The summed E-state index contributed by atoms with van der Waals surface area (Å²) in [6, 6.07) is 8.10. The summed E-state index contributed by atoms with van der Waals surface area (Å²) in [6.45, 7) is 2.98. The number of hydrogen-bond acceptors (Lipinski definition) is 1. The predicted molar refractivity (Wildman–Crippen MR) is 44.2 cm³/mol. The number of aryl methyl sites for hydroxylation is 1. The average Bonchev–Trinajstić information content (AvgIpc) is 2.47. The normalized spacial score (nSPS) is 10.6. The summed E-state index contributed by atoms with van der Waals surface area (Å²) in [5.41, 5.74) is 1.16. The van der Waals surface area contributed by atoms with Crippen LogP contribution in [0.2, 0.25) is 0 Å². The number of para-hydroxylation sites is 1. The number of benzene rings is 1. The van der Waals surface area contributed by atoms with E-state index in [1.807, 2.05) is 22.9 Å². The van der Waals surface area contributed by atoms with E-state index in [4.69, 9.17) is 0 Å². The molecule has 0 spiro atoms. The first-order valence-electron chi connectivity index (χ1n) is 3.75. The van der Waals surface area contributed by atoms with E-state index in [1.54, 1.807) is 0 Å². The lowest BCUT2D eigenvalue weighted by Gasteiger charge is -1.95. The van der Waals surface area contributed by atoms with E-state index in [0.29, 0.717) is 0 Å². The highest BCUT2D eigenvalue weighted by atomic mass is 15.3. The molecule has 0 atom stereocenters. The monoisotopic (exact) mass is 145 g/mol. The third-order valence-corrected chi connectivity index (χ3v) is 1.77. The standard InChI is InChI=1S/C9H9N2/c1-2-11-9-6-4-3-5-8(9)7-10-11/h3-6H,2H2,1H3. The van der Waals surface area contributed by atoms with Crippen LogP contribution in [0.4, 0.5) is 0 Å². The molecule has 2 rings (SSSR count). The molecule has 0 unspecified atom stereocenters. The van der Waals surface area contributed by atoms with Gasteiger partial charge in [-0.15, -0.1) is 0 Å². The lowest BCUT2D eigenvalue weighted by Crippen LogP contribution is -1.94. The van der Waals surface area contributed by atoms with E-state index >= 15 is 0 Å². The number of aromatic nitrogens is 2. The van der Waals surface area contributed by atoms with E-state index in [1.165, 1.54) is 0 Å². The van der Waals surface area contributed by atoms with Crippen molar-refractivity contribution in [2.75, 3.05) is 0 Å². The van der Waals surface area contributed by atoms with Crippen molar-refractivity contribution in [3.8, 4) is 0 Å². The minimum Gasteiger partial charge on any atom is -0.264 e.